The molecule has 2 aliphatic rings. The van der Waals surface area contributed by atoms with Crippen molar-refractivity contribution in [3.05, 3.63) is 35.9 Å². The molecule has 2 fully saturated rings. The van der Waals surface area contributed by atoms with Crippen LogP contribution in [0.4, 0.5) is 10.6 Å². The van der Waals surface area contributed by atoms with Crippen molar-refractivity contribution in [1.82, 2.24) is 20.5 Å². The quantitative estimate of drug-likeness (QED) is 0.384. The maximum atomic E-state index is 13.5. The summed E-state index contributed by atoms with van der Waals surface area (Å²) in [4.78, 5) is 35.0. The molecule has 1 aliphatic carbocycles. The minimum Gasteiger partial charge on any atom is -0.449 e. The van der Waals surface area contributed by atoms with E-state index in [0.717, 1.165) is 68.0 Å². The SMILES string of the molecule is CN(C)CCC1CCN(c2cc(C(=O)NCC3CCC(COC(=O)NCC(C)(C)C)CC3)c3ccccc3n2)CC1. The number of piperidine rings is 1. The van der Waals surface area contributed by atoms with Crippen LogP contribution >= 0.6 is 0 Å². The van der Waals surface area contributed by atoms with Crippen molar-refractivity contribution in [3.63, 3.8) is 0 Å². The first-order valence-electron chi connectivity index (χ1n) is 15.6. The number of carbonyl (C=O) groups is 2. The topological polar surface area (TPSA) is 86.8 Å². The number of alkyl carbamates (subject to hydrolysis) is 1. The molecule has 1 saturated carbocycles. The summed E-state index contributed by atoms with van der Waals surface area (Å²) >= 11 is 0. The van der Waals surface area contributed by atoms with Gasteiger partial charge < -0.3 is 25.2 Å². The van der Waals surface area contributed by atoms with E-state index in [1.165, 1.54) is 19.3 Å². The maximum Gasteiger partial charge on any atom is 0.407 e. The third-order valence-corrected chi connectivity index (χ3v) is 8.60. The predicted octanol–water partition coefficient (Wildman–Crippen LogP) is 5.71. The first-order chi connectivity index (χ1) is 19.6. The minimum atomic E-state index is -0.327. The van der Waals surface area contributed by atoms with Crippen LogP contribution < -0.4 is 15.5 Å². The summed E-state index contributed by atoms with van der Waals surface area (Å²) in [5.41, 5.74) is 1.62. The van der Waals surface area contributed by atoms with E-state index in [1.807, 2.05) is 30.3 Å². The summed E-state index contributed by atoms with van der Waals surface area (Å²) in [6, 6.07) is 9.97. The molecule has 0 bridgehead atoms. The second-order valence-electron chi connectivity index (χ2n) is 13.7. The first kappa shape index (κ1) is 31.1. The summed E-state index contributed by atoms with van der Waals surface area (Å²) < 4.78 is 5.47. The zero-order valence-corrected chi connectivity index (χ0v) is 25.9. The Hall–Kier alpha value is -2.87. The van der Waals surface area contributed by atoms with E-state index in [9.17, 15) is 9.59 Å². The van der Waals surface area contributed by atoms with Crippen LogP contribution in [-0.2, 0) is 4.74 Å². The van der Waals surface area contributed by atoms with Crippen LogP contribution in [0.5, 0.6) is 0 Å². The number of pyridine rings is 1. The molecule has 1 aliphatic heterocycles. The molecular formula is C33H51N5O3. The number of aromatic nitrogens is 1. The highest BCUT2D eigenvalue weighted by molar-refractivity contribution is 6.07. The number of rotatable bonds is 10. The summed E-state index contributed by atoms with van der Waals surface area (Å²) in [7, 11) is 4.28. The number of anilines is 1. The number of hydrogen-bond donors (Lipinski definition) is 2. The zero-order chi connectivity index (χ0) is 29.4. The van der Waals surface area contributed by atoms with Crippen molar-refractivity contribution in [3.8, 4) is 0 Å². The molecule has 226 valence electrons. The molecule has 8 nitrogen and oxygen atoms in total. The summed E-state index contributed by atoms with van der Waals surface area (Å²) in [6.45, 7) is 11.1. The fourth-order valence-electron chi connectivity index (χ4n) is 5.92. The third kappa shape index (κ3) is 9.59. The Morgan fingerprint density at radius 2 is 1.66 bits per heavy atom. The van der Waals surface area contributed by atoms with Gasteiger partial charge in [-0.05, 0) is 101 Å². The molecule has 1 aromatic carbocycles. The Balaban J connectivity index is 1.28. The van der Waals surface area contributed by atoms with Gasteiger partial charge in [0.05, 0.1) is 17.7 Å². The molecule has 0 atom stereocenters. The lowest BCUT2D eigenvalue weighted by Crippen LogP contribution is -2.36. The molecule has 2 N–H and O–H groups in total. The van der Waals surface area contributed by atoms with Gasteiger partial charge in [-0.25, -0.2) is 9.78 Å². The maximum absolute atomic E-state index is 13.5. The molecular weight excluding hydrogens is 514 g/mol. The number of hydrogen-bond acceptors (Lipinski definition) is 6. The second-order valence-corrected chi connectivity index (χ2v) is 13.7. The van der Waals surface area contributed by atoms with Crippen molar-refractivity contribution < 1.29 is 14.3 Å². The molecule has 0 unspecified atom stereocenters. The monoisotopic (exact) mass is 565 g/mol. The molecule has 2 heterocycles. The molecule has 8 heteroatoms. The van der Waals surface area contributed by atoms with Gasteiger partial charge in [-0.15, -0.1) is 0 Å². The van der Waals surface area contributed by atoms with Crippen LogP contribution in [0.15, 0.2) is 30.3 Å². The van der Waals surface area contributed by atoms with Gasteiger partial charge in [0.15, 0.2) is 0 Å². The summed E-state index contributed by atoms with van der Waals surface area (Å²) in [5, 5.41) is 6.99. The van der Waals surface area contributed by atoms with Crippen molar-refractivity contribution in [2.24, 2.45) is 23.2 Å². The first-order valence-corrected chi connectivity index (χ1v) is 15.6. The van der Waals surface area contributed by atoms with E-state index in [4.69, 9.17) is 9.72 Å². The Bertz CT molecular complexity index is 1150. The standard InChI is InChI=1S/C33H51N5O3/c1-33(2,3)23-35-32(40)41-22-26-12-10-25(11-13-26)21-34-31(39)28-20-30(36-29-9-7-6-8-27(28)29)38-18-15-24(16-19-38)14-17-37(4)5/h6-9,20,24-26H,10-19,21-23H2,1-5H3,(H,34,39)(H,35,40). The smallest absolute Gasteiger partial charge is 0.407 e. The molecule has 0 radical (unpaired) electrons. The van der Waals surface area contributed by atoms with Crippen molar-refractivity contribution >= 4 is 28.7 Å². The van der Waals surface area contributed by atoms with Crippen molar-refractivity contribution in [1.29, 1.82) is 0 Å². The predicted molar refractivity (Wildman–Crippen MR) is 166 cm³/mol. The number of ether oxygens (including phenoxy) is 1. The van der Waals surface area contributed by atoms with Crippen LogP contribution in [0.2, 0.25) is 0 Å². The summed E-state index contributed by atoms with van der Waals surface area (Å²) in [6.07, 6.45) is 7.33. The second kappa shape index (κ2) is 14.3. The number of fused-ring (bicyclic) bond motifs is 1. The Morgan fingerprint density at radius 3 is 2.34 bits per heavy atom. The van der Waals surface area contributed by atoms with Gasteiger partial charge in [-0.1, -0.05) is 39.0 Å². The number of para-hydroxylation sites is 1. The third-order valence-electron chi connectivity index (χ3n) is 8.60. The van der Waals surface area contributed by atoms with E-state index in [2.05, 4.69) is 55.3 Å². The van der Waals surface area contributed by atoms with Crippen molar-refractivity contribution in [2.45, 2.75) is 65.7 Å². The molecule has 41 heavy (non-hydrogen) atoms. The molecule has 2 aromatic rings. The van der Waals surface area contributed by atoms with Gasteiger partial charge >= 0.3 is 6.09 Å². The lowest BCUT2D eigenvalue weighted by Gasteiger charge is -2.33. The van der Waals surface area contributed by atoms with Gasteiger partial charge in [0.2, 0.25) is 0 Å². The lowest BCUT2D eigenvalue weighted by molar-refractivity contribution is 0.0922. The lowest BCUT2D eigenvalue weighted by atomic mass is 9.82. The fraction of sp³-hybridized carbons (Fsp3) is 0.667. The number of benzene rings is 1. The van der Waals surface area contributed by atoms with Gasteiger partial charge in [0, 0.05) is 31.6 Å². The van der Waals surface area contributed by atoms with Crippen molar-refractivity contribution in [2.75, 3.05) is 58.3 Å². The average Bonchev–Trinajstić information content (AvgIpc) is 2.96. The number of amides is 2. The zero-order valence-electron chi connectivity index (χ0n) is 25.9. The number of nitrogens with one attached hydrogen (secondary N) is 2. The minimum absolute atomic E-state index is 0.0216. The molecule has 0 spiro atoms. The van der Waals surface area contributed by atoms with E-state index in [0.29, 0.717) is 37.1 Å². The van der Waals surface area contributed by atoms with Gasteiger partial charge in [0.25, 0.3) is 5.91 Å². The summed E-state index contributed by atoms with van der Waals surface area (Å²) in [5.74, 6) is 2.47. The fourth-order valence-corrected chi connectivity index (χ4v) is 5.92. The molecule has 2 amide bonds. The van der Waals surface area contributed by atoms with Gasteiger partial charge in [-0.3, -0.25) is 4.79 Å². The van der Waals surface area contributed by atoms with E-state index in [1.54, 1.807) is 0 Å². The molecule has 4 rings (SSSR count). The Labute approximate surface area is 246 Å². The highest BCUT2D eigenvalue weighted by atomic mass is 16.5. The largest absolute Gasteiger partial charge is 0.449 e. The molecule has 1 saturated heterocycles. The number of nitrogens with zero attached hydrogens (tertiary/aromatic N) is 3. The van der Waals surface area contributed by atoms with E-state index < -0.39 is 0 Å². The number of carbonyl (C=O) groups excluding carboxylic acids is 2. The van der Waals surface area contributed by atoms with Gasteiger partial charge in [0.1, 0.15) is 5.82 Å². The molecule has 1 aromatic heterocycles. The normalized spacial score (nSPS) is 20.3. The van der Waals surface area contributed by atoms with Crippen LogP contribution in [0.1, 0.15) is 76.1 Å². The van der Waals surface area contributed by atoms with Crippen LogP contribution in [-0.4, -0.2) is 75.3 Å². The average molecular weight is 566 g/mol. The van der Waals surface area contributed by atoms with Gasteiger partial charge in [-0.2, -0.15) is 0 Å². The highest BCUT2D eigenvalue weighted by Crippen LogP contribution is 2.30. The van der Waals surface area contributed by atoms with E-state index >= 15 is 0 Å². The van der Waals surface area contributed by atoms with E-state index in [-0.39, 0.29) is 17.4 Å². The van der Waals surface area contributed by atoms with Crippen LogP contribution in [0.3, 0.4) is 0 Å². The Kier molecular flexibility index (Phi) is 10.9. The highest BCUT2D eigenvalue weighted by Gasteiger charge is 2.25. The van der Waals surface area contributed by atoms with Crippen LogP contribution in [0.25, 0.3) is 10.9 Å². The Morgan fingerprint density at radius 1 is 0.976 bits per heavy atom. The van der Waals surface area contributed by atoms with Crippen LogP contribution in [0, 0.1) is 23.2 Å².